The van der Waals surface area contributed by atoms with E-state index in [0.717, 1.165) is 19.3 Å². The highest BCUT2D eigenvalue weighted by molar-refractivity contribution is 5.68. The number of hydrogen-bond donors (Lipinski definition) is 0. The fraction of sp³-hybridized carbons (Fsp3) is 0.692. The number of carbonyl (C=O) groups is 1. The number of hydrogen-bond acceptors (Lipinski definition) is 3. The molecule has 3 heteroatoms. The molecule has 0 rings (SSSR count). The van der Waals surface area contributed by atoms with Crippen LogP contribution in [0.15, 0.2) is 12.2 Å². The number of allylic oxidation sites excluding steroid dienone is 2. The van der Waals surface area contributed by atoms with Crippen molar-refractivity contribution in [1.82, 2.24) is 0 Å². The predicted molar refractivity (Wildman–Crippen MR) is 63.7 cm³/mol. The Morgan fingerprint density at radius 3 is 2.56 bits per heavy atom. The van der Waals surface area contributed by atoms with Crippen LogP contribution in [-0.4, -0.2) is 13.1 Å². The monoisotopic (exact) mass is 223 g/mol. The first-order valence-electron chi connectivity index (χ1n) is 5.90. The maximum atomic E-state index is 10.8. The van der Waals surface area contributed by atoms with Gasteiger partial charge in [-0.3, -0.25) is 4.79 Å². The summed E-state index contributed by atoms with van der Waals surface area (Å²) < 4.78 is 4.56. The summed E-state index contributed by atoms with van der Waals surface area (Å²) in [4.78, 5) is 10.8. The largest absolute Gasteiger partial charge is 0.469 e. The smallest absolute Gasteiger partial charge is 0.305 e. The second-order valence-corrected chi connectivity index (χ2v) is 3.72. The molecule has 0 amide bonds. The first-order valence-corrected chi connectivity index (χ1v) is 5.90. The molecular weight excluding hydrogens is 202 g/mol. The topological polar surface area (TPSA) is 50.1 Å². The molecule has 0 aromatic carbocycles. The van der Waals surface area contributed by atoms with Crippen molar-refractivity contribution in [2.24, 2.45) is 0 Å². The molecule has 3 nitrogen and oxygen atoms in total. The van der Waals surface area contributed by atoms with Gasteiger partial charge >= 0.3 is 5.97 Å². The highest BCUT2D eigenvalue weighted by atomic mass is 16.5. The lowest BCUT2D eigenvalue weighted by atomic mass is 10.1. The van der Waals surface area contributed by atoms with E-state index in [1.54, 1.807) is 0 Å². The van der Waals surface area contributed by atoms with Crippen molar-refractivity contribution < 1.29 is 9.53 Å². The highest BCUT2D eigenvalue weighted by Gasteiger charge is 1.98. The van der Waals surface area contributed by atoms with Crippen LogP contribution < -0.4 is 0 Å². The summed E-state index contributed by atoms with van der Waals surface area (Å²) in [6.45, 7) is 0. The van der Waals surface area contributed by atoms with Crippen LogP contribution in [0, 0.1) is 11.3 Å². The van der Waals surface area contributed by atoms with Crippen molar-refractivity contribution in [3.8, 4) is 6.07 Å². The normalized spacial score (nSPS) is 10.2. The summed E-state index contributed by atoms with van der Waals surface area (Å²) in [5, 5.41) is 8.29. The van der Waals surface area contributed by atoms with Crippen LogP contribution in [0.25, 0.3) is 0 Å². The number of esters is 1. The van der Waals surface area contributed by atoms with Gasteiger partial charge in [-0.25, -0.2) is 0 Å². The molecule has 0 aliphatic carbocycles. The molecule has 0 bridgehead atoms. The summed E-state index contributed by atoms with van der Waals surface area (Å²) in [7, 11) is 1.43. The average molecular weight is 223 g/mol. The number of ether oxygens (including phenoxy) is 1. The minimum Gasteiger partial charge on any atom is -0.469 e. The molecule has 0 saturated heterocycles. The van der Waals surface area contributed by atoms with Crippen LogP contribution >= 0.6 is 0 Å². The third kappa shape index (κ3) is 10.8. The molecule has 0 atom stereocenters. The first kappa shape index (κ1) is 14.7. The van der Waals surface area contributed by atoms with Gasteiger partial charge in [0.05, 0.1) is 19.6 Å². The summed E-state index contributed by atoms with van der Waals surface area (Å²) in [5.41, 5.74) is 0. The summed E-state index contributed by atoms with van der Waals surface area (Å²) in [6, 6.07) is 2.07. The van der Waals surface area contributed by atoms with Gasteiger partial charge in [0, 0.05) is 6.42 Å². The molecule has 0 fully saturated rings. The molecule has 0 radical (unpaired) electrons. The van der Waals surface area contributed by atoms with Crippen molar-refractivity contribution >= 4 is 5.97 Å². The van der Waals surface area contributed by atoms with Crippen LogP contribution in [0.2, 0.25) is 0 Å². The molecule has 0 N–H and O–H groups in total. The maximum absolute atomic E-state index is 10.8. The Balaban J connectivity index is 3.10. The van der Waals surface area contributed by atoms with Gasteiger partial charge < -0.3 is 4.74 Å². The fourth-order valence-corrected chi connectivity index (χ4v) is 1.42. The molecule has 16 heavy (non-hydrogen) atoms. The predicted octanol–water partition coefficient (Wildman–Crippen LogP) is 3.36. The van der Waals surface area contributed by atoms with Gasteiger partial charge in [0.2, 0.25) is 0 Å². The highest BCUT2D eigenvalue weighted by Crippen LogP contribution is 2.08. The molecular formula is C13H21NO2. The Morgan fingerprint density at radius 1 is 1.19 bits per heavy atom. The summed E-state index contributed by atoms with van der Waals surface area (Å²) in [6.07, 6.45) is 11.6. The van der Waals surface area contributed by atoms with Gasteiger partial charge in [-0.1, -0.05) is 31.4 Å². The van der Waals surface area contributed by atoms with Crippen molar-refractivity contribution in [3.63, 3.8) is 0 Å². The second kappa shape index (κ2) is 11.8. The third-order valence-corrected chi connectivity index (χ3v) is 2.36. The van der Waals surface area contributed by atoms with E-state index in [9.17, 15) is 4.79 Å². The summed E-state index contributed by atoms with van der Waals surface area (Å²) in [5.74, 6) is -0.112. The van der Waals surface area contributed by atoms with Crippen LogP contribution in [0.3, 0.4) is 0 Å². The van der Waals surface area contributed by atoms with E-state index < -0.39 is 0 Å². The Labute approximate surface area is 98.1 Å². The fourth-order valence-electron chi connectivity index (χ4n) is 1.42. The minimum atomic E-state index is -0.112. The Hall–Kier alpha value is -1.30. The van der Waals surface area contributed by atoms with E-state index in [1.165, 1.54) is 26.4 Å². The lowest BCUT2D eigenvalue weighted by molar-refractivity contribution is -0.140. The molecule has 0 heterocycles. The quantitative estimate of drug-likeness (QED) is 0.342. The number of carbonyl (C=O) groups excluding carboxylic acids is 1. The zero-order chi connectivity index (χ0) is 12.1. The third-order valence-electron chi connectivity index (χ3n) is 2.36. The molecule has 0 spiro atoms. The number of nitrogens with zero attached hydrogens (tertiary/aromatic N) is 1. The molecule has 0 aliphatic heterocycles. The molecule has 0 unspecified atom stereocenters. The zero-order valence-electron chi connectivity index (χ0n) is 10.1. The lowest BCUT2D eigenvalue weighted by Gasteiger charge is -1.99. The van der Waals surface area contributed by atoms with Crippen LogP contribution in [0.4, 0.5) is 0 Å². The number of rotatable bonds is 9. The van der Waals surface area contributed by atoms with Crippen LogP contribution in [0.5, 0.6) is 0 Å². The van der Waals surface area contributed by atoms with E-state index in [0.29, 0.717) is 12.8 Å². The van der Waals surface area contributed by atoms with Crippen molar-refractivity contribution in [2.45, 2.75) is 51.4 Å². The van der Waals surface area contributed by atoms with Gasteiger partial charge in [0.25, 0.3) is 0 Å². The van der Waals surface area contributed by atoms with Crippen molar-refractivity contribution in [1.29, 1.82) is 5.26 Å². The first-order chi connectivity index (χ1) is 7.81. The van der Waals surface area contributed by atoms with Crippen molar-refractivity contribution in [2.75, 3.05) is 7.11 Å². The van der Waals surface area contributed by atoms with Gasteiger partial charge in [-0.2, -0.15) is 5.26 Å². The van der Waals surface area contributed by atoms with Crippen molar-refractivity contribution in [3.05, 3.63) is 12.2 Å². The Bertz CT molecular complexity index is 241. The second-order valence-electron chi connectivity index (χ2n) is 3.72. The van der Waals surface area contributed by atoms with Gasteiger partial charge in [0.1, 0.15) is 0 Å². The lowest BCUT2D eigenvalue weighted by Crippen LogP contribution is -1.98. The van der Waals surface area contributed by atoms with Gasteiger partial charge in [0.15, 0.2) is 0 Å². The zero-order valence-corrected chi connectivity index (χ0v) is 10.1. The average Bonchev–Trinajstić information content (AvgIpc) is 2.31. The van der Waals surface area contributed by atoms with Crippen LogP contribution in [0.1, 0.15) is 51.4 Å². The molecule has 0 aromatic rings. The number of nitriles is 1. The van der Waals surface area contributed by atoms with E-state index in [2.05, 4.69) is 16.9 Å². The SMILES string of the molecule is COC(=O)CCCCCCC/C=C/CC#N. The Morgan fingerprint density at radius 2 is 1.88 bits per heavy atom. The van der Waals surface area contributed by atoms with Crippen LogP contribution in [-0.2, 0) is 9.53 Å². The standard InChI is InChI=1S/C13H21NO2/c1-16-13(15)11-9-7-5-3-2-4-6-8-10-12-14/h6,8H,2-5,7,9-11H2,1H3/b8-6+. The maximum Gasteiger partial charge on any atom is 0.305 e. The van der Waals surface area contributed by atoms with Gasteiger partial charge in [-0.05, 0) is 19.3 Å². The van der Waals surface area contributed by atoms with Gasteiger partial charge in [-0.15, -0.1) is 0 Å². The van der Waals surface area contributed by atoms with E-state index in [-0.39, 0.29) is 5.97 Å². The molecule has 90 valence electrons. The Kier molecular flexibility index (Phi) is 10.8. The molecule has 0 aromatic heterocycles. The molecule has 0 aliphatic rings. The molecule has 0 saturated carbocycles. The van der Waals surface area contributed by atoms with E-state index in [4.69, 9.17) is 5.26 Å². The number of unbranched alkanes of at least 4 members (excludes halogenated alkanes) is 5. The minimum absolute atomic E-state index is 0.112. The number of methoxy groups -OCH3 is 1. The van der Waals surface area contributed by atoms with E-state index in [1.807, 2.05) is 6.08 Å². The summed E-state index contributed by atoms with van der Waals surface area (Å²) >= 11 is 0. The van der Waals surface area contributed by atoms with E-state index >= 15 is 0 Å².